The fourth-order valence-corrected chi connectivity index (χ4v) is 3.88. The lowest BCUT2D eigenvalue weighted by molar-refractivity contribution is 0.463. The van der Waals surface area contributed by atoms with Crippen LogP contribution in [0.2, 0.25) is 0 Å². The molecule has 0 saturated heterocycles. The van der Waals surface area contributed by atoms with Crippen LogP contribution in [-0.4, -0.2) is 0 Å². The van der Waals surface area contributed by atoms with Crippen molar-refractivity contribution < 1.29 is 10.3 Å². The van der Waals surface area contributed by atoms with Crippen molar-refractivity contribution in [2.75, 3.05) is 0 Å². The van der Waals surface area contributed by atoms with Gasteiger partial charge in [-0.3, -0.25) is 4.57 Å². The van der Waals surface area contributed by atoms with E-state index in [4.69, 9.17) is 5.71 Å². The Morgan fingerprint density at radius 3 is 2.15 bits per heavy atom. The molecule has 0 atom stereocenters. The van der Waals surface area contributed by atoms with Crippen molar-refractivity contribution in [3.63, 3.8) is 0 Å². The molecular formula is C7H7I2O3P. The van der Waals surface area contributed by atoms with Crippen molar-refractivity contribution in [2.45, 2.75) is 6.16 Å². The Kier molecular flexibility index (Phi) is 5.17. The maximum atomic E-state index is 11.7. The first-order chi connectivity index (χ1) is 6.20. The predicted molar refractivity (Wildman–Crippen MR) is 68.0 cm³/mol. The van der Waals surface area contributed by atoms with Crippen molar-refractivity contribution >= 4 is 53.6 Å². The summed E-state index contributed by atoms with van der Waals surface area (Å²) in [6.45, 7) is 0. The summed E-state index contributed by atoms with van der Waals surface area (Å²) in [5.74, 6) is 0. The summed E-state index contributed by atoms with van der Waals surface area (Å²) in [5, 5.41) is 0. The van der Waals surface area contributed by atoms with Crippen LogP contribution in [0, 0.1) is 0 Å². The van der Waals surface area contributed by atoms with Crippen molar-refractivity contribution in [1.82, 2.24) is 0 Å². The SMILES string of the molecule is O=P(Cc1ccccc1)(OI)OI. The number of benzene rings is 1. The van der Waals surface area contributed by atoms with Gasteiger partial charge in [0.15, 0.2) is 0 Å². The summed E-state index contributed by atoms with van der Waals surface area (Å²) in [7, 11) is -2.93. The molecule has 0 N–H and O–H groups in total. The van der Waals surface area contributed by atoms with E-state index in [1.54, 1.807) is 46.0 Å². The quantitative estimate of drug-likeness (QED) is 0.540. The van der Waals surface area contributed by atoms with E-state index in [2.05, 4.69) is 0 Å². The van der Waals surface area contributed by atoms with E-state index in [1.807, 2.05) is 30.3 Å². The highest BCUT2D eigenvalue weighted by Gasteiger charge is 2.23. The fourth-order valence-electron chi connectivity index (χ4n) is 0.866. The van der Waals surface area contributed by atoms with Gasteiger partial charge < -0.3 is 0 Å². The van der Waals surface area contributed by atoms with Gasteiger partial charge in [-0.2, -0.15) is 0 Å². The van der Waals surface area contributed by atoms with Crippen LogP contribution in [0.25, 0.3) is 0 Å². The zero-order valence-electron chi connectivity index (χ0n) is 6.52. The van der Waals surface area contributed by atoms with Crippen LogP contribution < -0.4 is 0 Å². The Hall–Kier alpha value is 0.830. The van der Waals surface area contributed by atoms with Crippen LogP contribution in [0.3, 0.4) is 0 Å². The van der Waals surface area contributed by atoms with E-state index in [0.29, 0.717) is 6.16 Å². The van der Waals surface area contributed by atoms with E-state index in [9.17, 15) is 4.57 Å². The second-order valence-electron chi connectivity index (χ2n) is 2.39. The highest BCUT2D eigenvalue weighted by atomic mass is 127. The third kappa shape index (κ3) is 3.83. The Bertz CT molecular complexity index is 296. The minimum atomic E-state index is -2.93. The topological polar surface area (TPSA) is 35.5 Å². The second-order valence-corrected chi connectivity index (χ2v) is 6.57. The van der Waals surface area contributed by atoms with E-state index in [1.165, 1.54) is 0 Å². The van der Waals surface area contributed by atoms with Gasteiger partial charge in [0.05, 0.1) is 6.16 Å². The van der Waals surface area contributed by atoms with Gasteiger partial charge in [-0.25, -0.2) is 5.71 Å². The van der Waals surface area contributed by atoms with Crippen molar-refractivity contribution in [2.24, 2.45) is 0 Å². The van der Waals surface area contributed by atoms with Gasteiger partial charge in [0.25, 0.3) is 0 Å². The zero-order valence-corrected chi connectivity index (χ0v) is 11.7. The molecule has 0 fully saturated rings. The summed E-state index contributed by atoms with van der Waals surface area (Å²) < 4.78 is 21.2. The van der Waals surface area contributed by atoms with Gasteiger partial charge in [0, 0.05) is 0 Å². The molecule has 0 aliphatic carbocycles. The average Bonchev–Trinajstić information content (AvgIpc) is 2.19. The monoisotopic (exact) mass is 424 g/mol. The largest absolute Gasteiger partial charge is 0.353 e. The molecule has 1 aromatic carbocycles. The standard InChI is InChI=1S/C7H7I2O3P/c8-11-13(10,12-9)6-7-4-2-1-3-5-7/h1-5H,6H2. The van der Waals surface area contributed by atoms with Crippen molar-refractivity contribution in [1.29, 1.82) is 0 Å². The lowest BCUT2D eigenvalue weighted by Gasteiger charge is -2.09. The van der Waals surface area contributed by atoms with Crippen LogP contribution in [0.1, 0.15) is 5.56 Å². The summed E-state index contributed by atoms with van der Waals surface area (Å²) >= 11 is 3.20. The average molecular weight is 424 g/mol. The lowest BCUT2D eigenvalue weighted by Crippen LogP contribution is -1.87. The number of halogens is 2. The molecule has 1 rings (SSSR count). The molecule has 0 aliphatic heterocycles. The maximum Gasteiger partial charge on any atom is 0.353 e. The smallest absolute Gasteiger partial charge is 0.258 e. The Morgan fingerprint density at radius 2 is 1.69 bits per heavy atom. The molecule has 0 bridgehead atoms. The molecule has 72 valence electrons. The van der Waals surface area contributed by atoms with Crippen molar-refractivity contribution in [3.8, 4) is 0 Å². The van der Waals surface area contributed by atoms with Crippen LogP contribution >= 0.6 is 53.6 Å². The van der Waals surface area contributed by atoms with E-state index in [-0.39, 0.29) is 0 Å². The highest BCUT2D eigenvalue weighted by molar-refractivity contribution is 14.1. The molecule has 0 unspecified atom stereocenters. The molecule has 0 spiro atoms. The Labute approximate surface area is 105 Å². The maximum absolute atomic E-state index is 11.7. The summed E-state index contributed by atoms with van der Waals surface area (Å²) in [6, 6.07) is 9.46. The molecule has 0 radical (unpaired) electrons. The highest BCUT2D eigenvalue weighted by Crippen LogP contribution is 2.55. The minimum Gasteiger partial charge on any atom is -0.258 e. The van der Waals surface area contributed by atoms with Gasteiger partial charge in [0.2, 0.25) is 0 Å². The van der Waals surface area contributed by atoms with Gasteiger partial charge in [-0.05, 0) is 5.56 Å². The zero-order chi connectivity index (χ0) is 9.73. The molecule has 6 heteroatoms. The van der Waals surface area contributed by atoms with E-state index >= 15 is 0 Å². The number of rotatable bonds is 4. The molecule has 0 saturated carbocycles. The molecule has 0 aromatic heterocycles. The Morgan fingerprint density at radius 1 is 1.15 bits per heavy atom. The van der Waals surface area contributed by atoms with Crippen LogP contribution in [0.4, 0.5) is 0 Å². The number of hydrogen-bond donors (Lipinski definition) is 0. The lowest BCUT2D eigenvalue weighted by atomic mass is 10.2. The first-order valence-corrected chi connectivity index (χ1v) is 6.93. The van der Waals surface area contributed by atoms with Crippen LogP contribution in [-0.2, 0) is 16.4 Å². The molecule has 3 nitrogen and oxygen atoms in total. The third-order valence-electron chi connectivity index (χ3n) is 1.43. The predicted octanol–water partition coefficient (Wildman–Crippen LogP) is 4.11. The summed E-state index contributed by atoms with van der Waals surface area (Å²) in [4.78, 5) is 0. The van der Waals surface area contributed by atoms with Gasteiger partial charge in [0.1, 0.15) is 46.0 Å². The second kappa shape index (κ2) is 5.65. The fraction of sp³-hybridized carbons (Fsp3) is 0.143. The van der Waals surface area contributed by atoms with Crippen LogP contribution in [0.15, 0.2) is 30.3 Å². The van der Waals surface area contributed by atoms with Gasteiger partial charge >= 0.3 is 7.60 Å². The number of hydrogen-bond acceptors (Lipinski definition) is 3. The molecule has 13 heavy (non-hydrogen) atoms. The molecule has 1 aromatic rings. The molecule has 0 aliphatic rings. The molecule has 0 amide bonds. The summed E-state index contributed by atoms with van der Waals surface area (Å²) in [6.07, 6.45) is 0.305. The summed E-state index contributed by atoms with van der Waals surface area (Å²) in [5.41, 5.74) is 0.944. The van der Waals surface area contributed by atoms with E-state index in [0.717, 1.165) is 5.56 Å². The third-order valence-corrected chi connectivity index (χ3v) is 6.20. The van der Waals surface area contributed by atoms with Crippen molar-refractivity contribution in [3.05, 3.63) is 35.9 Å². The van der Waals surface area contributed by atoms with Crippen LogP contribution in [0.5, 0.6) is 0 Å². The van der Waals surface area contributed by atoms with Gasteiger partial charge in [-0.15, -0.1) is 0 Å². The Balaban J connectivity index is 2.74. The normalized spacial score (nSPS) is 11.5. The van der Waals surface area contributed by atoms with E-state index < -0.39 is 7.60 Å². The van der Waals surface area contributed by atoms with Gasteiger partial charge in [-0.1, -0.05) is 30.3 Å². The first-order valence-electron chi connectivity index (χ1n) is 3.44. The first kappa shape index (κ1) is 11.9. The molecule has 0 heterocycles. The minimum absolute atomic E-state index is 0.305. The molecular weight excluding hydrogens is 417 g/mol.